The van der Waals surface area contributed by atoms with Crippen LogP contribution in [0.25, 0.3) is 0 Å². The van der Waals surface area contributed by atoms with E-state index in [1.165, 1.54) is 9.75 Å². The molecule has 0 spiro atoms. The van der Waals surface area contributed by atoms with E-state index < -0.39 is 12.0 Å². The van der Waals surface area contributed by atoms with Crippen LogP contribution in [0, 0.1) is 5.92 Å². The maximum atomic E-state index is 11.1. The Balaban J connectivity index is 2.63. The number of thiophene rings is 1. The van der Waals surface area contributed by atoms with Crippen molar-refractivity contribution in [3.63, 3.8) is 0 Å². The van der Waals surface area contributed by atoms with Gasteiger partial charge in [0.1, 0.15) is 6.04 Å². The van der Waals surface area contributed by atoms with Crippen molar-refractivity contribution in [2.24, 2.45) is 5.92 Å². The molecule has 1 heterocycles. The molecule has 1 rings (SSSR count). The summed E-state index contributed by atoms with van der Waals surface area (Å²) >= 11 is 1.75. The average molecular weight is 269 g/mol. The lowest BCUT2D eigenvalue weighted by Gasteiger charge is -2.17. The van der Waals surface area contributed by atoms with Crippen LogP contribution < -0.4 is 5.32 Å². The summed E-state index contributed by atoms with van der Waals surface area (Å²) in [5.74, 6) is -0.692. The van der Waals surface area contributed by atoms with Gasteiger partial charge in [0.05, 0.1) is 0 Å². The van der Waals surface area contributed by atoms with Gasteiger partial charge in [-0.05, 0) is 23.5 Å². The Labute approximate surface area is 113 Å². The van der Waals surface area contributed by atoms with Gasteiger partial charge in [0.2, 0.25) is 0 Å². The zero-order chi connectivity index (χ0) is 13.9. The summed E-state index contributed by atoms with van der Waals surface area (Å²) in [4.78, 5) is 13.6. The number of nitrogens with one attached hydrogen (secondary N) is 1. The quantitative estimate of drug-likeness (QED) is 0.862. The highest BCUT2D eigenvalue weighted by Gasteiger charge is 2.21. The first-order chi connectivity index (χ1) is 8.21. The molecule has 1 unspecified atom stereocenters. The minimum absolute atomic E-state index is 0.0875. The van der Waals surface area contributed by atoms with E-state index in [4.69, 9.17) is 5.11 Å². The number of hydrogen-bond acceptors (Lipinski definition) is 3. The standard InChI is InChI=1S/C14H23NO2S/c1-9(2)12(13(16)17)15-8-10-6-7-11(18-10)14(3,4)5/h6-7,9,12,15H,8H2,1-5H3,(H,16,17). The predicted molar refractivity (Wildman–Crippen MR) is 76.1 cm³/mol. The summed E-state index contributed by atoms with van der Waals surface area (Å²) in [5.41, 5.74) is 0.160. The minimum atomic E-state index is -0.780. The van der Waals surface area contributed by atoms with Crippen LogP contribution in [0.1, 0.15) is 44.4 Å². The summed E-state index contributed by atoms with van der Waals surface area (Å²) < 4.78 is 0. The molecule has 0 aliphatic carbocycles. The van der Waals surface area contributed by atoms with E-state index in [2.05, 4.69) is 38.2 Å². The van der Waals surface area contributed by atoms with Crippen molar-refractivity contribution >= 4 is 17.3 Å². The molecule has 0 saturated carbocycles. The van der Waals surface area contributed by atoms with Crippen LogP contribution in [0.15, 0.2) is 12.1 Å². The van der Waals surface area contributed by atoms with E-state index in [9.17, 15) is 4.79 Å². The lowest BCUT2D eigenvalue weighted by atomic mass is 9.95. The van der Waals surface area contributed by atoms with Gasteiger partial charge in [0.25, 0.3) is 0 Å². The molecule has 0 aromatic carbocycles. The summed E-state index contributed by atoms with van der Waals surface area (Å²) in [6.45, 7) is 11.0. The second-order valence-electron chi connectivity index (χ2n) is 5.96. The first kappa shape index (κ1) is 15.2. The van der Waals surface area contributed by atoms with E-state index in [1.807, 2.05) is 13.8 Å². The zero-order valence-corrected chi connectivity index (χ0v) is 12.6. The van der Waals surface area contributed by atoms with Crippen molar-refractivity contribution in [2.45, 2.75) is 52.6 Å². The number of aliphatic carboxylic acids is 1. The third-order valence-corrected chi connectivity index (χ3v) is 4.34. The number of carbonyl (C=O) groups is 1. The van der Waals surface area contributed by atoms with E-state index in [0.29, 0.717) is 6.54 Å². The zero-order valence-electron chi connectivity index (χ0n) is 11.8. The number of carboxylic acids is 1. The molecule has 102 valence electrons. The molecular formula is C14H23NO2S. The molecule has 3 nitrogen and oxygen atoms in total. The van der Waals surface area contributed by atoms with Gasteiger partial charge in [0.15, 0.2) is 0 Å². The Morgan fingerprint density at radius 3 is 2.39 bits per heavy atom. The van der Waals surface area contributed by atoms with E-state index in [0.717, 1.165) is 0 Å². The highest BCUT2D eigenvalue weighted by Crippen LogP contribution is 2.29. The molecule has 0 radical (unpaired) electrons. The van der Waals surface area contributed by atoms with Crippen LogP contribution in [0.2, 0.25) is 0 Å². The number of rotatable bonds is 5. The van der Waals surface area contributed by atoms with Crippen molar-refractivity contribution in [1.82, 2.24) is 5.32 Å². The molecule has 1 aromatic heterocycles. The summed E-state index contributed by atoms with van der Waals surface area (Å²) in [6, 6.07) is 3.73. The molecule has 4 heteroatoms. The van der Waals surface area contributed by atoms with Crippen molar-refractivity contribution in [3.8, 4) is 0 Å². The molecule has 2 N–H and O–H groups in total. The van der Waals surface area contributed by atoms with Crippen LogP contribution in [0.5, 0.6) is 0 Å². The molecule has 0 amide bonds. The summed E-state index contributed by atoms with van der Waals surface area (Å²) in [6.07, 6.45) is 0. The highest BCUT2D eigenvalue weighted by atomic mass is 32.1. The first-order valence-electron chi connectivity index (χ1n) is 6.27. The first-order valence-corrected chi connectivity index (χ1v) is 7.09. The number of hydrogen-bond donors (Lipinski definition) is 2. The molecule has 1 aromatic rings. The van der Waals surface area contributed by atoms with Crippen LogP contribution in [0.4, 0.5) is 0 Å². The van der Waals surface area contributed by atoms with Crippen LogP contribution in [-0.4, -0.2) is 17.1 Å². The fourth-order valence-electron chi connectivity index (χ4n) is 1.69. The molecule has 1 atom stereocenters. The molecular weight excluding hydrogens is 246 g/mol. The summed E-state index contributed by atoms with van der Waals surface area (Å²) in [5, 5.41) is 12.2. The van der Waals surface area contributed by atoms with E-state index in [-0.39, 0.29) is 11.3 Å². The minimum Gasteiger partial charge on any atom is -0.480 e. The molecule has 0 fully saturated rings. The Morgan fingerprint density at radius 1 is 1.39 bits per heavy atom. The monoisotopic (exact) mass is 269 g/mol. The van der Waals surface area contributed by atoms with Crippen LogP contribution in [0.3, 0.4) is 0 Å². The smallest absolute Gasteiger partial charge is 0.320 e. The van der Waals surface area contributed by atoms with Gasteiger partial charge in [-0.3, -0.25) is 10.1 Å². The van der Waals surface area contributed by atoms with Gasteiger partial charge in [-0.1, -0.05) is 34.6 Å². The molecule has 0 saturated heterocycles. The van der Waals surface area contributed by atoms with Gasteiger partial charge in [-0.25, -0.2) is 0 Å². The van der Waals surface area contributed by atoms with Gasteiger partial charge in [0, 0.05) is 16.3 Å². The Morgan fingerprint density at radius 2 is 2.00 bits per heavy atom. The molecule has 18 heavy (non-hydrogen) atoms. The number of carboxylic acid groups (broad SMARTS) is 1. The van der Waals surface area contributed by atoms with E-state index in [1.54, 1.807) is 11.3 Å². The Hall–Kier alpha value is -0.870. The topological polar surface area (TPSA) is 49.3 Å². The highest BCUT2D eigenvalue weighted by molar-refractivity contribution is 7.12. The van der Waals surface area contributed by atoms with Crippen LogP contribution in [-0.2, 0) is 16.8 Å². The van der Waals surface area contributed by atoms with Gasteiger partial charge in [-0.15, -0.1) is 11.3 Å². The SMILES string of the molecule is CC(C)C(NCc1ccc(C(C)(C)C)s1)C(=O)O. The second kappa shape index (κ2) is 5.85. The van der Waals surface area contributed by atoms with Crippen molar-refractivity contribution in [3.05, 3.63) is 21.9 Å². The lowest BCUT2D eigenvalue weighted by Crippen LogP contribution is -2.40. The van der Waals surface area contributed by atoms with Crippen molar-refractivity contribution < 1.29 is 9.90 Å². The van der Waals surface area contributed by atoms with Gasteiger partial charge < -0.3 is 5.11 Å². The average Bonchev–Trinajstić information content (AvgIpc) is 2.64. The maximum Gasteiger partial charge on any atom is 0.320 e. The van der Waals surface area contributed by atoms with Gasteiger partial charge >= 0.3 is 5.97 Å². The fourth-order valence-corrected chi connectivity index (χ4v) is 2.71. The Bertz CT molecular complexity index is 404. The second-order valence-corrected chi connectivity index (χ2v) is 7.13. The van der Waals surface area contributed by atoms with Crippen LogP contribution >= 0.6 is 11.3 Å². The predicted octanol–water partition coefficient (Wildman–Crippen LogP) is 3.24. The fraction of sp³-hybridized carbons (Fsp3) is 0.643. The molecule has 0 aliphatic rings. The largest absolute Gasteiger partial charge is 0.480 e. The molecule has 0 aliphatic heterocycles. The van der Waals surface area contributed by atoms with Crippen molar-refractivity contribution in [1.29, 1.82) is 0 Å². The third-order valence-electron chi connectivity index (χ3n) is 2.83. The van der Waals surface area contributed by atoms with Gasteiger partial charge in [-0.2, -0.15) is 0 Å². The van der Waals surface area contributed by atoms with Crippen molar-refractivity contribution in [2.75, 3.05) is 0 Å². The Kier molecular flexibility index (Phi) is 4.93. The van der Waals surface area contributed by atoms with E-state index >= 15 is 0 Å². The molecule has 0 bridgehead atoms. The lowest BCUT2D eigenvalue weighted by molar-refractivity contribution is -0.140. The summed E-state index contributed by atoms with van der Waals surface area (Å²) in [7, 11) is 0. The third kappa shape index (κ3) is 4.10. The normalized spacial score (nSPS) is 13.9. The maximum absolute atomic E-state index is 11.1.